The van der Waals surface area contributed by atoms with Gasteiger partial charge in [-0.25, -0.2) is 0 Å². The van der Waals surface area contributed by atoms with Gasteiger partial charge in [-0.05, 0) is 29.0 Å². The molecule has 0 bridgehead atoms. The first kappa shape index (κ1) is 19.1. The SMILES string of the molecule is CC1(C)CNCCN(Cc2ccc3c(c2)CN(C2CCC(=O)NC2=O)C3=O)C1. The second-order valence-electron chi connectivity index (χ2n) is 8.94. The van der Waals surface area contributed by atoms with Crippen molar-refractivity contribution in [2.45, 2.75) is 45.8 Å². The van der Waals surface area contributed by atoms with Crippen molar-refractivity contribution in [3.63, 3.8) is 0 Å². The third-order valence-electron chi connectivity index (χ3n) is 5.85. The summed E-state index contributed by atoms with van der Waals surface area (Å²) in [5.41, 5.74) is 3.06. The summed E-state index contributed by atoms with van der Waals surface area (Å²) in [5.74, 6) is -0.740. The van der Waals surface area contributed by atoms with E-state index in [1.807, 2.05) is 12.1 Å². The zero-order valence-electron chi connectivity index (χ0n) is 16.6. The maximum Gasteiger partial charge on any atom is 0.255 e. The van der Waals surface area contributed by atoms with Crippen molar-refractivity contribution in [3.8, 4) is 0 Å². The van der Waals surface area contributed by atoms with E-state index in [2.05, 4.69) is 35.4 Å². The molecule has 4 rings (SSSR count). The van der Waals surface area contributed by atoms with Crippen LogP contribution in [-0.4, -0.2) is 59.7 Å². The Morgan fingerprint density at radius 2 is 2.04 bits per heavy atom. The third-order valence-corrected chi connectivity index (χ3v) is 5.85. The van der Waals surface area contributed by atoms with Crippen LogP contribution in [0.1, 0.15) is 48.2 Å². The summed E-state index contributed by atoms with van der Waals surface area (Å²) in [4.78, 5) is 40.4. The van der Waals surface area contributed by atoms with Crippen molar-refractivity contribution in [2.24, 2.45) is 5.41 Å². The molecule has 1 aromatic carbocycles. The average molecular weight is 384 g/mol. The van der Waals surface area contributed by atoms with E-state index in [0.717, 1.165) is 38.3 Å². The Balaban J connectivity index is 1.48. The van der Waals surface area contributed by atoms with Crippen LogP contribution in [-0.2, 0) is 22.7 Å². The van der Waals surface area contributed by atoms with E-state index in [1.165, 1.54) is 5.56 Å². The van der Waals surface area contributed by atoms with Crippen LogP contribution in [0.4, 0.5) is 0 Å². The zero-order chi connectivity index (χ0) is 19.9. The molecule has 3 aliphatic heterocycles. The van der Waals surface area contributed by atoms with Crippen LogP contribution < -0.4 is 10.6 Å². The van der Waals surface area contributed by atoms with E-state index < -0.39 is 6.04 Å². The predicted molar refractivity (Wildman–Crippen MR) is 104 cm³/mol. The first-order valence-corrected chi connectivity index (χ1v) is 10.0. The van der Waals surface area contributed by atoms with Gasteiger partial charge in [0.15, 0.2) is 0 Å². The lowest BCUT2D eigenvalue weighted by molar-refractivity contribution is -0.136. The molecule has 28 heavy (non-hydrogen) atoms. The number of nitrogens with zero attached hydrogens (tertiary/aromatic N) is 2. The molecular formula is C21H28N4O3. The molecule has 1 atom stereocenters. The van der Waals surface area contributed by atoms with Gasteiger partial charge >= 0.3 is 0 Å². The molecule has 2 N–H and O–H groups in total. The van der Waals surface area contributed by atoms with Crippen LogP contribution in [0.5, 0.6) is 0 Å². The Morgan fingerprint density at radius 3 is 2.82 bits per heavy atom. The lowest BCUT2D eigenvalue weighted by Gasteiger charge is -2.29. The number of hydrogen-bond donors (Lipinski definition) is 2. The molecule has 3 amide bonds. The van der Waals surface area contributed by atoms with Crippen molar-refractivity contribution in [3.05, 3.63) is 34.9 Å². The summed E-state index contributed by atoms with van der Waals surface area (Å²) in [7, 11) is 0. The lowest BCUT2D eigenvalue weighted by Crippen LogP contribution is -2.52. The van der Waals surface area contributed by atoms with Gasteiger partial charge < -0.3 is 10.2 Å². The first-order valence-electron chi connectivity index (χ1n) is 10.0. The minimum absolute atomic E-state index is 0.115. The fourth-order valence-electron chi connectivity index (χ4n) is 4.52. The lowest BCUT2D eigenvalue weighted by atomic mass is 9.93. The van der Waals surface area contributed by atoms with E-state index in [9.17, 15) is 14.4 Å². The Kier molecular flexibility index (Phi) is 4.97. The fraction of sp³-hybridized carbons (Fsp3) is 0.571. The molecule has 0 spiro atoms. The Bertz CT molecular complexity index is 820. The second kappa shape index (κ2) is 7.29. The number of carbonyl (C=O) groups excluding carboxylic acids is 3. The van der Waals surface area contributed by atoms with Crippen LogP contribution >= 0.6 is 0 Å². The number of rotatable bonds is 3. The molecule has 0 saturated carbocycles. The van der Waals surface area contributed by atoms with Crippen molar-refractivity contribution in [1.82, 2.24) is 20.4 Å². The van der Waals surface area contributed by atoms with Crippen LogP contribution in [0.2, 0.25) is 0 Å². The number of fused-ring (bicyclic) bond motifs is 1. The largest absolute Gasteiger partial charge is 0.322 e. The third kappa shape index (κ3) is 3.82. The highest BCUT2D eigenvalue weighted by atomic mass is 16.2. The Morgan fingerprint density at radius 1 is 1.21 bits per heavy atom. The van der Waals surface area contributed by atoms with Gasteiger partial charge in [0.1, 0.15) is 6.04 Å². The quantitative estimate of drug-likeness (QED) is 0.756. The number of carbonyl (C=O) groups is 3. The monoisotopic (exact) mass is 384 g/mol. The second-order valence-corrected chi connectivity index (χ2v) is 8.94. The highest BCUT2D eigenvalue weighted by Crippen LogP contribution is 2.29. The van der Waals surface area contributed by atoms with E-state index >= 15 is 0 Å². The summed E-state index contributed by atoms with van der Waals surface area (Å²) in [5, 5.41) is 5.84. The fourth-order valence-corrected chi connectivity index (χ4v) is 4.52. The van der Waals surface area contributed by atoms with E-state index in [-0.39, 0.29) is 29.6 Å². The molecule has 0 radical (unpaired) electrons. The highest BCUT2D eigenvalue weighted by molar-refractivity contribution is 6.05. The van der Waals surface area contributed by atoms with Crippen molar-refractivity contribution in [1.29, 1.82) is 0 Å². The molecule has 150 valence electrons. The number of benzene rings is 1. The molecule has 0 aliphatic carbocycles. The Hall–Kier alpha value is -2.25. The highest BCUT2D eigenvalue weighted by Gasteiger charge is 2.39. The zero-order valence-corrected chi connectivity index (χ0v) is 16.6. The number of amides is 3. The van der Waals surface area contributed by atoms with Crippen LogP contribution in [0.25, 0.3) is 0 Å². The summed E-state index contributed by atoms with van der Waals surface area (Å²) in [6, 6.07) is 5.46. The maximum absolute atomic E-state index is 12.8. The molecular weight excluding hydrogens is 356 g/mol. The first-order chi connectivity index (χ1) is 13.3. The molecule has 3 aliphatic rings. The number of hydrogen-bond acceptors (Lipinski definition) is 5. The van der Waals surface area contributed by atoms with E-state index in [0.29, 0.717) is 18.5 Å². The van der Waals surface area contributed by atoms with Crippen molar-refractivity contribution < 1.29 is 14.4 Å². The minimum atomic E-state index is -0.557. The van der Waals surface area contributed by atoms with Crippen LogP contribution in [0.15, 0.2) is 18.2 Å². The minimum Gasteiger partial charge on any atom is -0.322 e. The number of piperidine rings is 1. The summed E-state index contributed by atoms with van der Waals surface area (Å²) >= 11 is 0. The van der Waals surface area contributed by atoms with Gasteiger partial charge in [-0.15, -0.1) is 0 Å². The predicted octanol–water partition coefficient (Wildman–Crippen LogP) is 0.879. The Labute approximate surface area is 165 Å². The van der Waals surface area contributed by atoms with Gasteiger partial charge in [-0.1, -0.05) is 26.0 Å². The molecule has 2 fully saturated rings. The van der Waals surface area contributed by atoms with E-state index in [4.69, 9.17) is 0 Å². The molecule has 0 aromatic heterocycles. The molecule has 1 unspecified atom stereocenters. The maximum atomic E-state index is 12.8. The summed E-state index contributed by atoms with van der Waals surface area (Å²) in [6.07, 6.45) is 0.674. The van der Waals surface area contributed by atoms with Gasteiger partial charge in [-0.3, -0.25) is 24.6 Å². The van der Waals surface area contributed by atoms with Crippen LogP contribution in [0.3, 0.4) is 0 Å². The van der Waals surface area contributed by atoms with Gasteiger partial charge in [-0.2, -0.15) is 0 Å². The van der Waals surface area contributed by atoms with Gasteiger partial charge in [0.25, 0.3) is 5.91 Å². The topological polar surface area (TPSA) is 81.8 Å². The average Bonchev–Trinajstić information content (AvgIpc) is 2.83. The van der Waals surface area contributed by atoms with Gasteiger partial charge in [0.2, 0.25) is 11.8 Å². The standard InChI is InChI=1S/C21H28N4O3/c1-21(2)12-22-7-8-24(13-21)10-14-3-4-16-15(9-14)11-25(20(16)28)17-5-6-18(26)23-19(17)27/h3-4,9,17,22H,5-8,10-13H2,1-2H3,(H,23,26,27). The van der Waals surface area contributed by atoms with E-state index in [1.54, 1.807) is 4.90 Å². The molecule has 2 saturated heterocycles. The molecule has 7 heteroatoms. The smallest absolute Gasteiger partial charge is 0.255 e. The summed E-state index contributed by atoms with van der Waals surface area (Å²) in [6.45, 7) is 9.86. The molecule has 1 aromatic rings. The van der Waals surface area contributed by atoms with Crippen LogP contribution in [0, 0.1) is 5.41 Å². The normalized spacial score (nSPS) is 25.4. The number of imide groups is 1. The van der Waals surface area contributed by atoms with Gasteiger partial charge in [0.05, 0.1) is 0 Å². The molecule has 3 heterocycles. The molecule has 7 nitrogen and oxygen atoms in total. The summed E-state index contributed by atoms with van der Waals surface area (Å²) < 4.78 is 0. The number of nitrogens with one attached hydrogen (secondary N) is 2. The van der Waals surface area contributed by atoms with Crippen molar-refractivity contribution in [2.75, 3.05) is 26.2 Å². The van der Waals surface area contributed by atoms with Gasteiger partial charge in [0, 0.05) is 51.3 Å². The van der Waals surface area contributed by atoms with Crippen molar-refractivity contribution >= 4 is 17.7 Å².